The lowest BCUT2D eigenvalue weighted by molar-refractivity contribution is -0.152. The molecule has 0 bridgehead atoms. The predicted molar refractivity (Wildman–Crippen MR) is 101 cm³/mol. The smallest absolute Gasteiger partial charge is 0.326 e. The highest BCUT2D eigenvalue weighted by Gasteiger charge is 2.37. The number of likely N-dealkylation sites (tertiary alicyclic amines) is 1. The van der Waals surface area contributed by atoms with Crippen molar-refractivity contribution in [2.24, 2.45) is 0 Å². The molecule has 2 heterocycles. The van der Waals surface area contributed by atoms with Crippen LogP contribution in [0.25, 0.3) is 6.08 Å². The van der Waals surface area contributed by atoms with Gasteiger partial charge >= 0.3 is 5.97 Å². The molecule has 3 rings (SSSR count). The number of aliphatic carboxylic acids is 1. The van der Waals surface area contributed by atoms with Crippen molar-refractivity contribution in [3.05, 3.63) is 40.6 Å². The summed E-state index contributed by atoms with van der Waals surface area (Å²) in [7, 11) is 0. The molecule has 2 saturated heterocycles. The maximum atomic E-state index is 13.0. The topological polar surface area (TPSA) is 95.0 Å². The third-order valence-corrected chi connectivity index (χ3v) is 5.61. The van der Waals surface area contributed by atoms with Crippen LogP contribution < -0.4 is 0 Å². The van der Waals surface area contributed by atoms with Crippen molar-refractivity contribution in [3.63, 3.8) is 0 Å². The quantitative estimate of drug-likeness (QED) is 0.756. The van der Waals surface area contributed by atoms with Crippen LogP contribution >= 0.6 is 11.8 Å². The number of carbonyl (C=O) groups excluding carboxylic acids is 3. The molecule has 148 valence electrons. The lowest BCUT2D eigenvalue weighted by atomic mass is 10.0. The molecule has 1 atom stereocenters. The highest BCUT2D eigenvalue weighted by Crippen LogP contribution is 2.32. The van der Waals surface area contributed by atoms with E-state index < -0.39 is 29.0 Å². The van der Waals surface area contributed by atoms with Gasteiger partial charge in [-0.15, -0.1) is 0 Å². The number of carboxylic acid groups (broad SMARTS) is 1. The fraction of sp³-hybridized carbons (Fsp3) is 0.368. The van der Waals surface area contributed by atoms with Gasteiger partial charge in [0, 0.05) is 19.5 Å². The van der Waals surface area contributed by atoms with Gasteiger partial charge in [-0.1, -0.05) is 12.1 Å². The molecule has 3 amide bonds. The molecular weight excluding hydrogens is 387 g/mol. The van der Waals surface area contributed by atoms with E-state index in [1.807, 2.05) is 0 Å². The van der Waals surface area contributed by atoms with E-state index in [-0.39, 0.29) is 23.8 Å². The Labute approximate surface area is 165 Å². The van der Waals surface area contributed by atoms with Gasteiger partial charge in [0.1, 0.15) is 11.9 Å². The van der Waals surface area contributed by atoms with Crippen LogP contribution in [0, 0.1) is 5.82 Å². The second-order valence-corrected chi connectivity index (χ2v) is 7.57. The van der Waals surface area contributed by atoms with Crippen LogP contribution in [-0.4, -0.2) is 57.1 Å². The number of carbonyl (C=O) groups is 4. The number of thioether (sulfide) groups is 1. The zero-order valence-electron chi connectivity index (χ0n) is 15.0. The van der Waals surface area contributed by atoms with Crippen molar-refractivity contribution in [2.75, 3.05) is 13.1 Å². The predicted octanol–water partition coefficient (Wildman–Crippen LogP) is 2.72. The van der Waals surface area contributed by atoms with Gasteiger partial charge in [-0.05, 0) is 54.8 Å². The van der Waals surface area contributed by atoms with Gasteiger partial charge in [0.15, 0.2) is 0 Å². The monoisotopic (exact) mass is 406 g/mol. The van der Waals surface area contributed by atoms with Crippen molar-refractivity contribution >= 4 is 40.9 Å². The molecular formula is C19H19FN2O5S. The van der Waals surface area contributed by atoms with Crippen LogP contribution in [0.15, 0.2) is 29.2 Å². The molecule has 28 heavy (non-hydrogen) atoms. The molecule has 1 aromatic rings. The minimum Gasteiger partial charge on any atom is -0.480 e. The van der Waals surface area contributed by atoms with Gasteiger partial charge in [-0.3, -0.25) is 19.3 Å². The zero-order chi connectivity index (χ0) is 20.3. The molecule has 0 unspecified atom stereocenters. The van der Waals surface area contributed by atoms with E-state index in [2.05, 4.69) is 0 Å². The molecule has 7 nitrogen and oxygen atoms in total. The maximum Gasteiger partial charge on any atom is 0.326 e. The summed E-state index contributed by atoms with van der Waals surface area (Å²) in [5.41, 5.74) is 0.584. The number of piperidine rings is 1. The number of carboxylic acids is 1. The lowest BCUT2D eigenvalue weighted by Gasteiger charge is -2.33. The van der Waals surface area contributed by atoms with Crippen LogP contribution in [0.5, 0.6) is 0 Å². The third kappa shape index (κ3) is 4.41. The Bertz CT molecular complexity index is 839. The Morgan fingerprint density at radius 2 is 1.93 bits per heavy atom. The highest BCUT2D eigenvalue weighted by molar-refractivity contribution is 8.18. The number of rotatable bonds is 5. The minimum absolute atomic E-state index is 0.104. The number of benzene rings is 1. The molecule has 1 aromatic carbocycles. The van der Waals surface area contributed by atoms with E-state index in [0.29, 0.717) is 18.5 Å². The summed E-state index contributed by atoms with van der Waals surface area (Å²) in [5, 5.41) is 8.78. The van der Waals surface area contributed by atoms with E-state index in [9.17, 15) is 28.7 Å². The fourth-order valence-corrected chi connectivity index (χ4v) is 4.11. The van der Waals surface area contributed by atoms with Gasteiger partial charge in [-0.2, -0.15) is 0 Å². The van der Waals surface area contributed by atoms with E-state index >= 15 is 0 Å². The summed E-state index contributed by atoms with van der Waals surface area (Å²) < 4.78 is 13.0. The first-order chi connectivity index (χ1) is 13.4. The molecule has 1 N–H and O–H groups in total. The van der Waals surface area contributed by atoms with Gasteiger partial charge in [-0.25, -0.2) is 9.18 Å². The normalized spacial score (nSPS) is 21.5. The Morgan fingerprint density at radius 3 is 2.61 bits per heavy atom. The number of amides is 3. The summed E-state index contributed by atoms with van der Waals surface area (Å²) in [6.07, 6.45) is 3.27. The summed E-state index contributed by atoms with van der Waals surface area (Å²) in [4.78, 5) is 50.9. The molecule has 0 saturated carbocycles. The highest BCUT2D eigenvalue weighted by atomic mass is 32.2. The summed E-state index contributed by atoms with van der Waals surface area (Å²) in [6.45, 7) is 0.259. The Kier molecular flexibility index (Phi) is 6.13. The van der Waals surface area contributed by atoms with E-state index in [1.165, 1.54) is 35.2 Å². The SMILES string of the molecule is O=C(O)[C@@H]1CCCCN1C(=O)CCN1C(=O)S/C(=C\c2ccc(F)cc2)C1=O. The average molecular weight is 406 g/mol. The van der Waals surface area contributed by atoms with E-state index in [4.69, 9.17) is 0 Å². The maximum absolute atomic E-state index is 13.0. The number of imide groups is 1. The second kappa shape index (κ2) is 8.55. The summed E-state index contributed by atoms with van der Waals surface area (Å²) in [6, 6.07) is 4.65. The number of nitrogens with zero attached hydrogens (tertiary/aromatic N) is 2. The first kappa shape index (κ1) is 20.1. The Balaban J connectivity index is 1.63. The second-order valence-electron chi connectivity index (χ2n) is 6.57. The number of hydrogen-bond donors (Lipinski definition) is 1. The van der Waals surface area contributed by atoms with Crippen molar-refractivity contribution in [2.45, 2.75) is 31.7 Å². The summed E-state index contributed by atoms with van der Waals surface area (Å²) in [5.74, 6) is -2.34. The van der Waals surface area contributed by atoms with E-state index in [1.54, 1.807) is 0 Å². The molecule has 0 spiro atoms. The van der Waals surface area contributed by atoms with Crippen molar-refractivity contribution < 1.29 is 28.7 Å². The lowest BCUT2D eigenvalue weighted by Crippen LogP contribution is -2.48. The molecule has 0 aromatic heterocycles. The van der Waals surface area contributed by atoms with Crippen LogP contribution in [0.1, 0.15) is 31.2 Å². The molecule has 2 aliphatic rings. The molecule has 2 aliphatic heterocycles. The van der Waals surface area contributed by atoms with Crippen LogP contribution in [0.2, 0.25) is 0 Å². The first-order valence-electron chi connectivity index (χ1n) is 8.90. The molecule has 0 radical (unpaired) electrons. The molecule has 9 heteroatoms. The molecule has 2 fully saturated rings. The third-order valence-electron chi connectivity index (χ3n) is 4.70. The Morgan fingerprint density at radius 1 is 1.21 bits per heavy atom. The van der Waals surface area contributed by atoms with Crippen molar-refractivity contribution in [1.29, 1.82) is 0 Å². The Hall–Kier alpha value is -2.68. The van der Waals surface area contributed by atoms with Crippen molar-refractivity contribution in [1.82, 2.24) is 9.80 Å². The van der Waals surface area contributed by atoms with Gasteiger partial charge in [0.2, 0.25) is 5.91 Å². The first-order valence-corrected chi connectivity index (χ1v) is 9.71. The van der Waals surface area contributed by atoms with Crippen molar-refractivity contribution in [3.8, 4) is 0 Å². The fourth-order valence-electron chi connectivity index (χ4n) is 3.24. The summed E-state index contributed by atoms with van der Waals surface area (Å²) >= 11 is 0.759. The van der Waals surface area contributed by atoms with E-state index in [0.717, 1.165) is 29.5 Å². The largest absolute Gasteiger partial charge is 0.480 e. The van der Waals surface area contributed by atoms with Gasteiger partial charge in [0.25, 0.3) is 11.1 Å². The molecule has 0 aliphatic carbocycles. The number of hydrogen-bond acceptors (Lipinski definition) is 5. The van der Waals surface area contributed by atoms with Crippen LogP contribution in [0.4, 0.5) is 9.18 Å². The zero-order valence-corrected chi connectivity index (χ0v) is 15.8. The average Bonchev–Trinajstić information content (AvgIpc) is 2.94. The van der Waals surface area contributed by atoms with Gasteiger partial charge < -0.3 is 10.0 Å². The number of halogens is 1. The standard InChI is InChI=1S/C19H19FN2O5S/c20-13-6-4-12(5-7-13)11-15-17(24)22(19(27)28-15)10-8-16(23)21-9-2-1-3-14(21)18(25)26/h4-7,11,14H,1-3,8-10H2,(H,25,26)/b15-11-/t14-/m0/s1. The van der Waals surface area contributed by atoms with Crippen LogP contribution in [0.3, 0.4) is 0 Å². The van der Waals surface area contributed by atoms with Crippen LogP contribution in [-0.2, 0) is 14.4 Å². The van der Waals surface area contributed by atoms with Gasteiger partial charge in [0.05, 0.1) is 4.91 Å². The minimum atomic E-state index is -1.04.